The second-order valence-corrected chi connectivity index (χ2v) is 5.69. The molecular formula is C14H18N4OS. The molecule has 0 aliphatic carbocycles. The van der Waals surface area contributed by atoms with Crippen LogP contribution in [0.25, 0.3) is 0 Å². The van der Waals surface area contributed by atoms with Crippen molar-refractivity contribution in [1.82, 2.24) is 20.3 Å². The topological polar surface area (TPSA) is 67.8 Å². The van der Waals surface area contributed by atoms with Gasteiger partial charge in [-0.15, -0.1) is 11.3 Å². The van der Waals surface area contributed by atoms with Gasteiger partial charge in [-0.1, -0.05) is 13.8 Å². The van der Waals surface area contributed by atoms with Crippen LogP contribution in [0.5, 0.6) is 0 Å². The third-order valence-electron chi connectivity index (χ3n) is 2.75. The first-order valence-corrected chi connectivity index (χ1v) is 7.49. The van der Waals surface area contributed by atoms with Crippen molar-refractivity contribution in [2.45, 2.75) is 39.2 Å². The lowest BCUT2D eigenvalue weighted by Crippen LogP contribution is -2.23. The van der Waals surface area contributed by atoms with E-state index in [1.807, 2.05) is 5.38 Å². The van der Waals surface area contributed by atoms with Gasteiger partial charge in [0.25, 0.3) is 0 Å². The quantitative estimate of drug-likeness (QED) is 0.886. The Labute approximate surface area is 122 Å². The summed E-state index contributed by atoms with van der Waals surface area (Å²) in [6.07, 6.45) is 5.96. The summed E-state index contributed by atoms with van der Waals surface area (Å²) in [4.78, 5) is 24.3. The number of carbonyl (C=O) groups excluding carboxylic acids is 1. The largest absolute Gasteiger partial charge is 0.350 e. The number of hydrogen-bond donors (Lipinski definition) is 1. The Morgan fingerprint density at radius 2 is 2.20 bits per heavy atom. The predicted octanol–water partition coefficient (Wildman–Crippen LogP) is 2.31. The standard InChI is InChI=1S/C14H18N4OS/c1-10(2)14-18-12(9-20-14)8-17-13(19)4-3-11-7-15-5-6-16-11/h5-7,9-10H,3-4,8H2,1-2H3,(H,17,19). The summed E-state index contributed by atoms with van der Waals surface area (Å²) < 4.78 is 0. The highest BCUT2D eigenvalue weighted by atomic mass is 32.1. The average molecular weight is 290 g/mol. The lowest BCUT2D eigenvalue weighted by Gasteiger charge is -2.03. The fraction of sp³-hybridized carbons (Fsp3) is 0.429. The van der Waals surface area contributed by atoms with Crippen LogP contribution in [0.2, 0.25) is 0 Å². The molecule has 0 unspecified atom stereocenters. The maximum Gasteiger partial charge on any atom is 0.220 e. The maximum atomic E-state index is 11.7. The first kappa shape index (κ1) is 14.6. The Hall–Kier alpha value is -1.82. The number of aromatic nitrogens is 3. The molecule has 6 heteroatoms. The van der Waals surface area contributed by atoms with Crippen LogP contribution >= 0.6 is 11.3 Å². The van der Waals surface area contributed by atoms with E-state index in [1.54, 1.807) is 29.9 Å². The predicted molar refractivity (Wildman–Crippen MR) is 78.4 cm³/mol. The highest BCUT2D eigenvalue weighted by Crippen LogP contribution is 2.18. The molecular weight excluding hydrogens is 272 g/mol. The molecule has 106 valence electrons. The molecule has 2 rings (SSSR count). The van der Waals surface area contributed by atoms with Gasteiger partial charge in [0.2, 0.25) is 5.91 Å². The van der Waals surface area contributed by atoms with Crippen molar-refractivity contribution in [3.8, 4) is 0 Å². The maximum absolute atomic E-state index is 11.7. The van der Waals surface area contributed by atoms with Crippen LogP contribution in [-0.2, 0) is 17.8 Å². The number of carbonyl (C=O) groups is 1. The zero-order valence-electron chi connectivity index (χ0n) is 11.7. The molecule has 2 aromatic rings. The Balaban J connectivity index is 1.74. The minimum Gasteiger partial charge on any atom is -0.350 e. The molecule has 0 aliphatic rings. The van der Waals surface area contributed by atoms with Gasteiger partial charge in [0.1, 0.15) is 0 Å². The van der Waals surface area contributed by atoms with E-state index in [0.717, 1.165) is 16.4 Å². The first-order valence-electron chi connectivity index (χ1n) is 6.61. The molecule has 0 saturated heterocycles. The highest BCUT2D eigenvalue weighted by Gasteiger charge is 2.07. The van der Waals surface area contributed by atoms with E-state index < -0.39 is 0 Å². The summed E-state index contributed by atoms with van der Waals surface area (Å²) in [7, 11) is 0. The van der Waals surface area contributed by atoms with E-state index in [-0.39, 0.29) is 5.91 Å². The SMILES string of the molecule is CC(C)c1nc(CNC(=O)CCc2cnccn2)cs1. The third-order valence-corrected chi connectivity index (χ3v) is 3.95. The van der Waals surface area contributed by atoms with E-state index in [1.165, 1.54) is 0 Å². The fourth-order valence-electron chi connectivity index (χ4n) is 1.65. The minimum absolute atomic E-state index is 0.00903. The number of nitrogens with zero attached hydrogens (tertiary/aromatic N) is 3. The molecule has 0 spiro atoms. The number of nitrogens with one attached hydrogen (secondary N) is 1. The van der Waals surface area contributed by atoms with Gasteiger partial charge in [0.15, 0.2) is 0 Å². The summed E-state index contributed by atoms with van der Waals surface area (Å²) in [5.74, 6) is 0.441. The van der Waals surface area contributed by atoms with E-state index in [9.17, 15) is 4.79 Å². The van der Waals surface area contributed by atoms with Gasteiger partial charge >= 0.3 is 0 Å². The van der Waals surface area contributed by atoms with Crippen LogP contribution < -0.4 is 5.32 Å². The Kier molecular flexibility index (Phi) is 5.17. The molecule has 0 bridgehead atoms. The second kappa shape index (κ2) is 7.09. The van der Waals surface area contributed by atoms with Crippen molar-refractivity contribution in [3.05, 3.63) is 40.4 Å². The van der Waals surface area contributed by atoms with E-state index in [2.05, 4.69) is 34.1 Å². The van der Waals surface area contributed by atoms with Crippen LogP contribution in [0.3, 0.4) is 0 Å². The second-order valence-electron chi connectivity index (χ2n) is 4.81. The van der Waals surface area contributed by atoms with Crippen molar-refractivity contribution in [2.75, 3.05) is 0 Å². The Bertz CT molecular complexity index is 553. The average Bonchev–Trinajstić information content (AvgIpc) is 2.93. The molecule has 0 atom stereocenters. The van der Waals surface area contributed by atoms with Gasteiger partial charge in [-0.3, -0.25) is 14.8 Å². The molecule has 1 N–H and O–H groups in total. The van der Waals surface area contributed by atoms with Crippen molar-refractivity contribution in [2.24, 2.45) is 0 Å². The summed E-state index contributed by atoms with van der Waals surface area (Å²) >= 11 is 1.64. The van der Waals surface area contributed by atoms with Crippen LogP contribution in [-0.4, -0.2) is 20.9 Å². The molecule has 0 fully saturated rings. The lowest BCUT2D eigenvalue weighted by atomic mass is 10.2. The molecule has 1 amide bonds. The molecule has 5 nitrogen and oxygen atoms in total. The normalized spacial score (nSPS) is 10.8. The molecule has 20 heavy (non-hydrogen) atoms. The highest BCUT2D eigenvalue weighted by molar-refractivity contribution is 7.09. The lowest BCUT2D eigenvalue weighted by molar-refractivity contribution is -0.121. The molecule has 0 aliphatic heterocycles. The summed E-state index contributed by atoms with van der Waals surface area (Å²) in [6, 6.07) is 0. The summed E-state index contributed by atoms with van der Waals surface area (Å²) in [5, 5.41) is 5.98. The smallest absolute Gasteiger partial charge is 0.220 e. The number of thiazole rings is 1. The van der Waals surface area contributed by atoms with Crippen molar-refractivity contribution in [3.63, 3.8) is 0 Å². The molecule has 0 radical (unpaired) electrons. The molecule has 2 heterocycles. The van der Waals surface area contributed by atoms with Gasteiger partial charge < -0.3 is 5.32 Å². The fourth-order valence-corrected chi connectivity index (χ4v) is 2.48. The monoisotopic (exact) mass is 290 g/mol. The van der Waals surface area contributed by atoms with Gasteiger partial charge in [-0.2, -0.15) is 0 Å². The number of hydrogen-bond acceptors (Lipinski definition) is 5. The van der Waals surface area contributed by atoms with E-state index in [0.29, 0.717) is 25.3 Å². The summed E-state index contributed by atoms with van der Waals surface area (Å²) in [5.41, 5.74) is 1.75. The Morgan fingerprint density at radius 1 is 1.35 bits per heavy atom. The van der Waals surface area contributed by atoms with Crippen LogP contribution in [0.1, 0.15) is 42.6 Å². The molecule has 0 aromatic carbocycles. The molecule has 2 aromatic heterocycles. The third kappa shape index (κ3) is 4.38. The zero-order valence-corrected chi connectivity index (χ0v) is 12.5. The van der Waals surface area contributed by atoms with Crippen molar-refractivity contribution < 1.29 is 4.79 Å². The number of rotatable bonds is 6. The van der Waals surface area contributed by atoms with E-state index in [4.69, 9.17) is 0 Å². The van der Waals surface area contributed by atoms with E-state index >= 15 is 0 Å². The van der Waals surface area contributed by atoms with Gasteiger partial charge in [0, 0.05) is 36.3 Å². The van der Waals surface area contributed by atoms with Crippen molar-refractivity contribution >= 4 is 17.2 Å². The van der Waals surface area contributed by atoms with Crippen LogP contribution in [0.4, 0.5) is 0 Å². The van der Waals surface area contributed by atoms with Gasteiger partial charge in [0.05, 0.1) is 22.9 Å². The molecule has 0 saturated carbocycles. The van der Waals surface area contributed by atoms with Crippen LogP contribution in [0.15, 0.2) is 24.0 Å². The van der Waals surface area contributed by atoms with Gasteiger partial charge in [-0.25, -0.2) is 4.98 Å². The Morgan fingerprint density at radius 3 is 2.85 bits per heavy atom. The minimum atomic E-state index is 0.00903. The number of amides is 1. The first-order chi connectivity index (χ1) is 9.65. The van der Waals surface area contributed by atoms with Crippen molar-refractivity contribution in [1.29, 1.82) is 0 Å². The zero-order chi connectivity index (χ0) is 14.4. The van der Waals surface area contributed by atoms with Crippen LogP contribution in [0, 0.1) is 0 Å². The van der Waals surface area contributed by atoms with Gasteiger partial charge in [-0.05, 0) is 6.42 Å². The number of aryl methyl sites for hydroxylation is 1. The summed E-state index contributed by atoms with van der Waals surface area (Å²) in [6.45, 7) is 4.71.